The van der Waals surface area contributed by atoms with Gasteiger partial charge in [-0.15, -0.1) is 0 Å². The van der Waals surface area contributed by atoms with Crippen LogP contribution in [0.25, 0.3) is 10.9 Å². The van der Waals surface area contributed by atoms with E-state index in [-0.39, 0.29) is 24.8 Å². The van der Waals surface area contributed by atoms with Crippen LogP contribution in [0.3, 0.4) is 0 Å². The van der Waals surface area contributed by atoms with Crippen molar-refractivity contribution >= 4 is 40.3 Å². The smallest absolute Gasteiger partial charge is 0.310 e. The number of likely N-dealkylation sites (tertiary alicyclic amines) is 1. The lowest BCUT2D eigenvalue weighted by Gasteiger charge is -2.15. The molecule has 0 spiro atoms. The highest BCUT2D eigenvalue weighted by Gasteiger charge is 2.24. The van der Waals surface area contributed by atoms with Gasteiger partial charge < -0.3 is 14.4 Å². The molecule has 2 aromatic carbocycles. The highest BCUT2D eigenvalue weighted by atomic mass is 35.5. The molecule has 1 amide bonds. The number of fused-ring (bicyclic) bond motifs is 1. The first-order valence-electron chi connectivity index (χ1n) is 10.8. The normalized spacial score (nSPS) is 13.4. The second-order valence-corrected chi connectivity index (χ2v) is 8.46. The predicted molar refractivity (Wildman–Crippen MR) is 125 cm³/mol. The molecule has 8 heteroatoms. The van der Waals surface area contributed by atoms with E-state index in [1.54, 1.807) is 66.0 Å². The minimum absolute atomic E-state index is 0.0658. The number of rotatable bonds is 6. The first-order chi connectivity index (χ1) is 15.9. The summed E-state index contributed by atoms with van der Waals surface area (Å²) >= 11 is 5.97. The molecule has 4 rings (SSSR count). The Kier molecular flexibility index (Phi) is 6.70. The highest BCUT2D eigenvalue weighted by Crippen LogP contribution is 2.31. The third-order valence-electron chi connectivity index (χ3n) is 5.97. The summed E-state index contributed by atoms with van der Waals surface area (Å²) < 4.78 is 12.2. The van der Waals surface area contributed by atoms with Gasteiger partial charge in [-0.05, 0) is 67.8 Å². The van der Waals surface area contributed by atoms with Crippen molar-refractivity contribution in [3.63, 3.8) is 0 Å². The minimum atomic E-state index is -0.522. The van der Waals surface area contributed by atoms with Crippen LogP contribution in [0.4, 0.5) is 0 Å². The lowest BCUT2D eigenvalue weighted by atomic mass is 10.1. The Bertz CT molecular complexity index is 1210. The van der Waals surface area contributed by atoms with Crippen molar-refractivity contribution in [2.45, 2.75) is 26.2 Å². The molecule has 0 aliphatic carbocycles. The average molecular weight is 469 g/mol. The van der Waals surface area contributed by atoms with Crippen LogP contribution in [-0.4, -0.2) is 54.1 Å². The second-order valence-electron chi connectivity index (χ2n) is 8.02. The monoisotopic (exact) mass is 468 g/mol. The van der Waals surface area contributed by atoms with E-state index >= 15 is 0 Å². The van der Waals surface area contributed by atoms with Crippen LogP contribution in [0.5, 0.6) is 5.75 Å². The van der Waals surface area contributed by atoms with Crippen molar-refractivity contribution in [2.24, 2.45) is 0 Å². The van der Waals surface area contributed by atoms with Gasteiger partial charge in [0.2, 0.25) is 0 Å². The second kappa shape index (κ2) is 9.67. The molecule has 0 unspecified atom stereocenters. The van der Waals surface area contributed by atoms with Crippen LogP contribution in [-0.2, 0) is 20.7 Å². The number of hydrogen-bond donors (Lipinski definition) is 0. The summed E-state index contributed by atoms with van der Waals surface area (Å²) in [4.78, 5) is 39.9. The molecule has 1 aliphatic heterocycles. The fourth-order valence-electron chi connectivity index (χ4n) is 4.19. The number of amides is 1. The summed E-state index contributed by atoms with van der Waals surface area (Å²) in [5.74, 6) is -0.327. The summed E-state index contributed by atoms with van der Waals surface area (Å²) in [7, 11) is 1.56. The SMILES string of the molecule is COc1ccc2c(c1)c(CC(=O)OCC(=O)N1CCCC1)c(C)n2C(=O)c1ccc(Cl)cc1. The Morgan fingerprint density at radius 1 is 1.03 bits per heavy atom. The molecule has 2 heterocycles. The van der Waals surface area contributed by atoms with Crippen LogP contribution in [0.2, 0.25) is 5.02 Å². The maximum absolute atomic E-state index is 13.3. The van der Waals surface area contributed by atoms with Crippen molar-refractivity contribution in [1.29, 1.82) is 0 Å². The minimum Gasteiger partial charge on any atom is -0.497 e. The average Bonchev–Trinajstić information content (AvgIpc) is 3.45. The number of esters is 1. The van der Waals surface area contributed by atoms with E-state index < -0.39 is 5.97 Å². The van der Waals surface area contributed by atoms with E-state index in [2.05, 4.69) is 0 Å². The van der Waals surface area contributed by atoms with Gasteiger partial charge in [0.05, 0.1) is 19.0 Å². The van der Waals surface area contributed by atoms with Gasteiger partial charge in [-0.1, -0.05) is 11.6 Å². The van der Waals surface area contributed by atoms with E-state index in [0.29, 0.717) is 46.2 Å². The zero-order valence-corrected chi connectivity index (χ0v) is 19.4. The molecule has 172 valence electrons. The summed E-state index contributed by atoms with van der Waals surface area (Å²) in [6.07, 6.45) is 1.88. The lowest BCUT2D eigenvalue weighted by Crippen LogP contribution is -2.32. The molecule has 0 bridgehead atoms. The Balaban J connectivity index is 1.63. The number of nitrogens with zero attached hydrogens (tertiary/aromatic N) is 2. The Morgan fingerprint density at radius 3 is 2.39 bits per heavy atom. The van der Waals surface area contributed by atoms with Crippen molar-refractivity contribution < 1.29 is 23.9 Å². The number of halogens is 1. The molecule has 0 N–H and O–H groups in total. The fourth-order valence-corrected chi connectivity index (χ4v) is 4.32. The van der Waals surface area contributed by atoms with Crippen LogP contribution >= 0.6 is 11.6 Å². The van der Waals surface area contributed by atoms with Crippen molar-refractivity contribution in [1.82, 2.24) is 9.47 Å². The molecular weight excluding hydrogens is 444 g/mol. The lowest BCUT2D eigenvalue weighted by molar-refractivity contribution is -0.151. The van der Waals surface area contributed by atoms with Gasteiger partial charge in [-0.25, -0.2) is 0 Å². The van der Waals surface area contributed by atoms with Crippen LogP contribution in [0.1, 0.15) is 34.5 Å². The molecule has 7 nitrogen and oxygen atoms in total. The van der Waals surface area contributed by atoms with Crippen molar-refractivity contribution in [3.8, 4) is 5.75 Å². The number of carbonyl (C=O) groups excluding carboxylic acids is 3. The van der Waals surface area contributed by atoms with Gasteiger partial charge in [0.1, 0.15) is 5.75 Å². The van der Waals surface area contributed by atoms with Gasteiger partial charge in [-0.3, -0.25) is 19.0 Å². The topological polar surface area (TPSA) is 77.8 Å². The summed E-state index contributed by atoms with van der Waals surface area (Å²) in [6.45, 7) is 2.92. The van der Waals surface area contributed by atoms with E-state index in [1.165, 1.54) is 0 Å². The van der Waals surface area contributed by atoms with Crippen molar-refractivity contribution in [3.05, 3.63) is 64.3 Å². The molecule has 3 aromatic rings. The first kappa shape index (κ1) is 22.9. The molecule has 1 aliphatic rings. The maximum atomic E-state index is 13.3. The quantitative estimate of drug-likeness (QED) is 0.511. The predicted octanol–water partition coefficient (Wildman–Crippen LogP) is 4.01. The summed E-state index contributed by atoms with van der Waals surface area (Å²) in [6, 6.07) is 12.0. The van der Waals surface area contributed by atoms with Crippen LogP contribution in [0.15, 0.2) is 42.5 Å². The highest BCUT2D eigenvalue weighted by molar-refractivity contribution is 6.30. The molecule has 0 radical (unpaired) electrons. The molecular formula is C25H25ClN2O5. The van der Waals surface area contributed by atoms with E-state index in [9.17, 15) is 14.4 Å². The van der Waals surface area contributed by atoms with E-state index in [4.69, 9.17) is 21.1 Å². The number of methoxy groups -OCH3 is 1. The number of benzene rings is 2. The molecule has 33 heavy (non-hydrogen) atoms. The molecule has 0 atom stereocenters. The maximum Gasteiger partial charge on any atom is 0.310 e. The van der Waals surface area contributed by atoms with Gasteiger partial charge in [0.15, 0.2) is 6.61 Å². The third-order valence-corrected chi connectivity index (χ3v) is 6.22. The number of ether oxygens (including phenoxy) is 2. The number of hydrogen-bond acceptors (Lipinski definition) is 5. The zero-order chi connectivity index (χ0) is 23.5. The molecule has 0 saturated carbocycles. The Hall–Kier alpha value is -3.32. The third kappa shape index (κ3) is 4.73. The van der Waals surface area contributed by atoms with E-state index in [1.807, 2.05) is 0 Å². The van der Waals surface area contributed by atoms with Gasteiger partial charge in [0.25, 0.3) is 11.8 Å². The van der Waals surface area contributed by atoms with E-state index in [0.717, 1.165) is 18.2 Å². The van der Waals surface area contributed by atoms with Gasteiger partial charge in [0, 0.05) is 34.8 Å². The van der Waals surface area contributed by atoms with Gasteiger partial charge in [-0.2, -0.15) is 0 Å². The molecule has 1 fully saturated rings. The summed E-state index contributed by atoms with van der Waals surface area (Å²) in [5.41, 5.74) is 2.41. The summed E-state index contributed by atoms with van der Waals surface area (Å²) in [5, 5.41) is 1.26. The molecule has 1 saturated heterocycles. The van der Waals surface area contributed by atoms with Crippen molar-refractivity contribution in [2.75, 3.05) is 26.8 Å². The first-order valence-corrected chi connectivity index (χ1v) is 11.2. The number of carbonyl (C=O) groups is 3. The Labute approximate surface area is 196 Å². The van der Waals surface area contributed by atoms with Crippen LogP contribution in [0, 0.1) is 6.92 Å². The largest absolute Gasteiger partial charge is 0.497 e. The zero-order valence-electron chi connectivity index (χ0n) is 18.6. The fraction of sp³-hybridized carbons (Fsp3) is 0.320. The number of aromatic nitrogens is 1. The molecule has 1 aromatic heterocycles. The standard InChI is InChI=1S/C25H25ClN2O5/c1-16-20(14-24(30)33-15-23(29)27-11-3-4-12-27)21-13-19(32-2)9-10-22(21)28(16)25(31)17-5-7-18(26)8-6-17/h5-10,13H,3-4,11-12,14-15H2,1-2H3. The Morgan fingerprint density at radius 2 is 1.73 bits per heavy atom. The van der Waals surface area contributed by atoms with Crippen LogP contribution < -0.4 is 4.74 Å². The van der Waals surface area contributed by atoms with Gasteiger partial charge >= 0.3 is 5.97 Å².